The van der Waals surface area contributed by atoms with Crippen molar-refractivity contribution in [3.05, 3.63) is 94.8 Å². The molecule has 0 saturated heterocycles. The minimum absolute atomic E-state index is 0.0245. The van der Waals surface area contributed by atoms with Crippen molar-refractivity contribution in [2.75, 3.05) is 12.4 Å². The summed E-state index contributed by atoms with van der Waals surface area (Å²) in [6.07, 6.45) is 4.34. The van der Waals surface area contributed by atoms with Crippen LogP contribution in [0.3, 0.4) is 0 Å². The fourth-order valence-electron chi connectivity index (χ4n) is 3.33. The average molecular weight is 434 g/mol. The maximum absolute atomic E-state index is 12.6. The van der Waals surface area contributed by atoms with Crippen LogP contribution < -0.4 is 10.1 Å². The topological polar surface area (TPSA) is 66.0 Å². The van der Waals surface area contributed by atoms with E-state index in [1.165, 1.54) is 0 Å². The molecule has 0 spiro atoms. The molecule has 2 aromatic heterocycles. The molecule has 0 aliphatic heterocycles. The van der Waals surface area contributed by atoms with E-state index < -0.39 is 0 Å². The summed E-state index contributed by atoms with van der Waals surface area (Å²) in [6, 6.07) is 19.3. The minimum atomic E-state index is -0.185. The minimum Gasteiger partial charge on any atom is -0.497 e. The summed E-state index contributed by atoms with van der Waals surface area (Å²) in [5.74, 6) is 1.34. The van der Waals surface area contributed by atoms with E-state index in [4.69, 9.17) is 17.0 Å². The number of hydrogen-bond acceptors (Lipinski definition) is 4. The number of aryl methyl sites for hydroxylation is 1. The monoisotopic (exact) mass is 433 g/mol. The van der Waals surface area contributed by atoms with Gasteiger partial charge in [0.2, 0.25) is 10.7 Å². The van der Waals surface area contributed by atoms with E-state index in [0.717, 1.165) is 28.4 Å². The summed E-state index contributed by atoms with van der Waals surface area (Å²) in [4.78, 5) is 12.6. The van der Waals surface area contributed by atoms with Gasteiger partial charge in [0.1, 0.15) is 12.3 Å². The fourth-order valence-corrected chi connectivity index (χ4v) is 3.64. The van der Waals surface area contributed by atoms with Gasteiger partial charge in [0.15, 0.2) is 5.82 Å². The molecule has 8 heteroatoms. The predicted molar refractivity (Wildman–Crippen MR) is 122 cm³/mol. The van der Waals surface area contributed by atoms with Crippen molar-refractivity contribution < 1.29 is 9.53 Å². The Hall–Kier alpha value is -3.65. The van der Waals surface area contributed by atoms with E-state index in [1.54, 1.807) is 11.8 Å². The van der Waals surface area contributed by atoms with E-state index in [2.05, 4.69) is 10.4 Å². The third kappa shape index (κ3) is 4.75. The first-order valence-corrected chi connectivity index (χ1v) is 10.3. The smallest absolute Gasteiger partial charge is 0.246 e. The summed E-state index contributed by atoms with van der Waals surface area (Å²) in [6.45, 7) is 2.01. The molecular weight excluding hydrogens is 410 g/mol. The Morgan fingerprint density at radius 1 is 1.10 bits per heavy atom. The van der Waals surface area contributed by atoms with Gasteiger partial charge in [-0.15, -0.1) is 0 Å². The standard InChI is InChI=1S/C23H23N5O2S/c1-17-6-5-7-19(14-17)24-22(29)16-27-23(31)28(26-12-3-4-13-26)21(25-27)15-18-8-10-20(30-2)11-9-18/h3-14H,15-16H2,1-2H3,(H,24,29). The van der Waals surface area contributed by atoms with E-state index in [0.29, 0.717) is 11.2 Å². The fraction of sp³-hybridized carbons (Fsp3) is 0.174. The second-order valence-corrected chi connectivity index (χ2v) is 7.54. The van der Waals surface area contributed by atoms with Crippen molar-refractivity contribution in [2.24, 2.45) is 0 Å². The van der Waals surface area contributed by atoms with Gasteiger partial charge in [-0.1, -0.05) is 24.3 Å². The van der Waals surface area contributed by atoms with Crippen LogP contribution in [-0.2, 0) is 17.8 Å². The van der Waals surface area contributed by atoms with Crippen molar-refractivity contribution in [3.8, 4) is 5.75 Å². The molecule has 0 saturated carbocycles. The molecule has 0 aliphatic carbocycles. The summed E-state index contributed by atoms with van der Waals surface area (Å²) in [5.41, 5.74) is 2.89. The molecule has 7 nitrogen and oxygen atoms in total. The zero-order valence-electron chi connectivity index (χ0n) is 17.4. The Balaban J connectivity index is 1.61. The van der Waals surface area contributed by atoms with Gasteiger partial charge in [-0.2, -0.15) is 5.10 Å². The zero-order chi connectivity index (χ0) is 21.8. The maximum Gasteiger partial charge on any atom is 0.246 e. The molecule has 2 heterocycles. The van der Waals surface area contributed by atoms with Gasteiger partial charge < -0.3 is 10.1 Å². The average Bonchev–Trinajstić information content (AvgIpc) is 3.37. The van der Waals surface area contributed by atoms with Crippen LogP contribution in [0.25, 0.3) is 0 Å². The molecule has 0 bridgehead atoms. The second-order valence-electron chi connectivity index (χ2n) is 7.17. The van der Waals surface area contributed by atoms with E-state index in [-0.39, 0.29) is 12.5 Å². The van der Waals surface area contributed by atoms with Crippen LogP contribution in [0.4, 0.5) is 5.69 Å². The third-order valence-corrected chi connectivity index (χ3v) is 5.20. The normalized spacial score (nSPS) is 10.8. The summed E-state index contributed by atoms with van der Waals surface area (Å²) >= 11 is 5.66. The van der Waals surface area contributed by atoms with Gasteiger partial charge in [0, 0.05) is 24.5 Å². The van der Waals surface area contributed by atoms with Gasteiger partial charge in [-0.3, -0.25) is 9.47 Å². The highest BCUT2D eigenvalue weighted by molar-refractivity contribution is 7.71. The van der Waals surface area contributed by atoms with Crippen molar-refractivity contribution >= 4 is 23.8 Å². The molecule has 0 unspecified atom stereocenters. The quantitative estimate of drug-likeness (QED) is 0.446. The molecule has 2 aromatic carbocycles. The lowest BCUT2D eigenvalue weighted by Crippen LogP contribution is -2.20. The number of nitrogens with zero attached hydrogens (tertiary/aromatic N) is 4. The molecule has 158 valence electrons. The lowest BCUT2D eigenvalue weighted by molar-refractivity contribution is -0.116. The number of hydrogen-bond donors (Lipinski definition) is 1. The number of amides is 1. The van der Waals surface area contributed by atoms with Gasteiger partial charge in [0.25, 0.3) is 0 Å². The summed E-state index contributed by atoms with van der Waals surface area (Å²) in [7, 11) is 1.64. The van der Waals surface area contributed by atoms with Crippen LogP contribution in [0.2, 0.25) is 0 Å². The van der Waals surface area contributed by atoms with Crippen molar-refractivity contribution in [1.29, 1.82) is 0 Å². The van der Waals surface area contributed by atoms with E-state index >= 15 is 0 Å². The number of benzene rings is 2. The van der Waals surface area contributed by atoms with Gasteiger partial charge in [-0.25, -0.2) is 9.36 Å². The highest BCUT2D eigenvalue weighted by Crippen LogP contribution is 2.16. The number of rotatable bonds is 7. The largest absolute Gasteiger partial charge is 0.497 e. The highest BCUT2D eigenvalue weighted by Gasteiger charge is 2.15. The molecule has 1 N–H and O–H groups in total. The van der Waals surface area contributed by atoms with Gasteiger partial charge in [-0.05, 0) is 66.7 Å². The first-order valence-electron chi connectivity index (χ1n) is 9.85. The van der Waals surface area contributed by atoms with Crippen LogP contribution >= 0.6 is 12.2 Å². The van der Waals surface area contributed by atoms with Crippen LogP contribution in [0, 0.1) is 11.7 Å². The third-order valence-electron chi connectivity index (χ3n) is 4.82. The van der Waals surface area contributed by atoms with Crippen LogP contribution in [-0.4, -0.2) is 32.1 Å². The predicted octanol–water partition coefficient (Wildman–Crippen LogP) is 4.07. The molecule has 4 rings (SSSR count). The Bertz CT molecular complexity index is 1240. The van der Waals surface area contributed by atoms with Crippen LogP contribution in [0.5, 0.6) is 5.75 Å². The Kier molecular flexibility index (Phi) is 5.99. The number of ether oxygens (including phenoxy) is 1. The highest BCUT2D eigenvalue weighted by atomic mass is 32.1. The van der Waals surface area contributed by atoms with Crippen molar-refractivity contribution in [3.63, 3.8) is 0 Å². The SMILES string of the molecule is COc1ccc(Cc2nn(CC(=O)Nc3cccc(C)c3)c(=S)n2-n2cccc2)cc1. The molecule has 0 aliphatic rings. The van der Waals surface area contributed by atoms with Crippen LogP contribution in [0.15, 0.2) is 73.1 Å². The number of anilines is 1. The van der Waals surface area contributed by atoms with Crippen molar-refractivity contribution in [1.82, 2.24) is 19.1 Å². The maximum atomic E-state index is 12.6. The van der Waals surface area contributed by atoms with Crippen LogP contribution in [0.1, 0.15) is 17.0 Å². The Morgan fingerprint density at radius 3 is 2.52 bits per heavy atom. The first-order chi connectivity index (χ1) is 15.0. The molecule has 0 radical (unpaired) electrons. The van der Waals surface area contributed by atoms with Gasteiger partial charge >= 0.3 is 0 Å². The number of nitrogens with one attached hydrogen (secondary N) is 1. The second kappa shape index (κ2) is 9.01. The molecule has 1 amide bonds. The molecule has 0 fully saturated rings. The number of aromatic nitrogens is 4. The molecule has 31 heavy (non-hydrogen) atoms. The van der Waals surface area contributed by atoms with Gasteiger partial charge in [0.05, 0.1) is 7.11 Å². The molecule has 4 aromatic rings. The number of carbonyl (C=O) groups is 1. The van der Waals surface area contributed by atoms with Crippen molar-refractivity contribution in [2.45, 2.75) is 19.9 Å². The zero-order valence-corrected chi connectivity index (χ0v) is 18.2. The Labute approximate surface area is 185 Å². The lowest BCUT2D eigenvalue weighted by atomic mass is 10.1. The number of methoxy groups -OCH3 is 1. The lowest BCUT2D eigenvalue weighted by Gasteiger charge is -2.08. The molecule has 0 atom stereocenters. The summed E-state index contributed by atoms with van der Waals surface area (Å²) < 4.78 is 10.9. The van der Waals surface area contributed by atoms with E-state index in [9.17, 15) is 4.79 Å². The Morgan fingerprint density at radius 2 is 1.84 bits per heavy atom. The first kappa shape index (κ1) is 20.6. The molecular formula is C23H23N5O2S. The van der Waals surface area contributed by atoms with E-state index in [1.807, 2.05) is 89.3 Å². The number of carbonyl (C=O) groups excluding carboxylic acids is 1. The summed E-state index contributed by atoms with van der Waals surface area (Å²) in [5, 5.41) is 7.57.